The highest BCUT2D eigenvalue weighted by molar-refractivity contribution is 8.00. The number of benzene rings is 1. The summed E-state index contributed by atoms with van der Waals surface area (Å²) in [6.45, 7) is 2.02. The van der Waals surface area contributed by atoms with Gasteiger partial charge in [-0.2, -0.15) is 0 Å². The van der Waals surface area contributed by atoms with Crippen LogP contribution in [-0.2, 0) is 11.3 Å². The van der Waals surface area contributed by atoms with Crippen LogP contribution in [0.25, 0.3) is 11.0 Å². The van der Waals surface area contributed by atoms with Crippen LogP contribution in [0.2, 0.25) is 0 Å². The van der Waals surface area contributed by atoms with Gasteiger partial charge in [0.05, 0.1) is 29.1 Å². The molecule has 8 heteroatoms. The number of hydrogen-bond donors (Lipinski definition) is 2. The third-order valence-corrected chi connectivity index (χ3v) is 4.16. The summed E-state index contributed by atoms with van der Waals surface area (Å²) in [6.07, 6.45) is 1.53. The fraction of sp³-hybridized carbons (Fsp3) is 0.200. The highest BCUT2D eigenvalue weighted by Gasteiger charge is 2.17. The first-order valence-electron chi connectivity index (χ1n) is 6.84. The van der Waals surface area contributed by atoms with Crippen LogP contribution in [0, 0.1) is 11.6 Å². The predicted octanol–water partition coefficient (Wildman–Crippen LogP) is 3.23. The minimum absolute atomic E-state index is 0.191. The van der Waals surface area contributed by atoms with Gasteiger partial charge in [0.2, 0.25) is 5.91 Å². The second-order valence-electron chi connectivity index (χ2n) is 4.88. The van der Waals surface area contributed by atoms with E-state index in [0.29, 0.717) is 28.5 Å². The van der Waals surface area contributed by atoms with E-state index < -0.39 is 16.9 Å². The van der Waals surface area contributed by atoms with Gasteiger partial charge in [0.15, 0.2) is 16.8 Å². The van der Waals surface area contributed by atoms with Crippen LogP contribution in [0.3, 0.4) is 0 Å². The largest absolute Gasteiger partial charge is 0.467 e. The maximum atomic E-state index is 13.2. The fourth-order valence-corrected chi connectivity index (χ4v) is 2.83. The van der Waals surface area contributed by atoms with Crippen molar-refractivity contribution in [3.8, 4) is 0 Å². The normalized spacial score (nSPS) is 12.5. The lowest BCUT2D eigenvalue weighted by atomic mass is 10.3. The number of nitrogens with zero attached hydrogens (tertiary/aromatic N) is 1. The molecule has 1 unspecified atom stereocenters. The van der Waals surface area contributed by atoms with Crippen LogP contribution in [-0.4, -0.2) is 21.1 Å². The van der Waals surface area contributed by atoms with Crippen molar-refractivity contribution >= 4 is 28.7 Å². The minimum Gasteiger partial charge on any atom is -0.467 e. The molecule has 2 heterocycles. The number of H-pyrrole nitrogens is 1. The van der Waals surface area contributed by atoms with E-state index in [1.165, 1.54) is 18.0 Å². The third-order valence-electron chi connectivity index (χ3n) is 3.18. The Morgan fingerprint density at radius 3 is 2.96 bits per heavy atom. The molecular weight excluding hydrogens is 324 g/mol. The quantitative estimate of drug-likeness (QED) is 0.701. The summed E-state index contributed by atoms with van der Waals surface area (Å²) in [6, 6.07) is 5.57. The van der Waals surface area contributed by atoms with Gasteiger partial charge in [-0.05, 0) is 19.1 Å². The molecule has 0 saturated carbocycles. The molecule has 120 valence electrons. The Balaban J connectivity index is 1.64. The molecule has 0 aliphatic rings. The second kappa shape index (κ2) is 6.41. The maximum absolute atomic E-state index is 13.2. The number of aromatic nitrogens is 2. The molecule has 5 nitrogen and oxygen atoms in total. The Morgan fingerprint density at radius 1 is 1.43 bits per heavy atom. The maximum Gasteiger partial charge on any atom is 0.233 e. The molecule has 1 atom stereocenters. The molecule has 2 N–H and O–H groups in total. The molecule has 0 saturated heterocycles. The summed E-state index contributed by atoms with van der Waals surface area (Å²) in [5.74, 6) is -1.43. The molecule has 0 aliphatic heterocycles. The van der Waals surface area contributed by atoms with E-state index in [1.807, 2.05) is 0 Å². The van der Waals surface area contributed by atoms with Crippen molar-refractivity contribution in [1.29, 1.82) is 0 Å². The SMILES string of the molecule is CC(Sc1nc2cc(F)c(F)cc2[nH]1)C(=O)NCc1ccco1. The number of halogens is 2. The van der Waals surface area contributed by atoms with Crippen LogP contribution in [0.4, 0.5) is 8.78 Å². The number of aromatic amines is 1. The molecule has 3 rings (SSSR count). The number of furan rings is 1. The Bertz CT molecular complexity index is 794. The summed E-state index contributed by atoms with van der Waals surface area (Å²) < 4.78 is 31.5. The number of carbonyl (C=O) groups excluding carboxylic acids is 1. The van der Waals surface area contributed by atoms with Crippen molar-refractivity contribution in [3.63, 3.8) is 0 Å². The van der Waals surface area contributed by atoms with E-state index in [0.717, 1.165) is 12.1 Å². The van der Waals surface area contributed by atoms with Crippen LogP contribution in [0.5, 0.6) is 0 Å². The van der Waals surface area contributed by atoms with Gasteiger partial charge < -0.3 is 14.7 Å². The van der Waals surface area contributed by atoms with E-state index in [1.54, 1.807) is 19.1 Å². The number of thioether (sulfide) groups is 1. The molecule has 3 aromatic rings. The van der Waals surface area contributed by atoms with E-state index in [4.69, 9.17) is 4.42 Å². The lowest BCUT2D eigenvalue weighted by Crippen LogP contribution is -2.30. The first-order chi connectivity index (χ1) is 11.0. The third kappa shape index (κ3) is 3.53. The van der Waals surface area contributed by atoms with E-state index in [-0.39, 0.29) is 5.91 Å². The molecule has 1 amide bonds. The van der Waals surface area contributed by atoms with E-state index >= 15 is 0 Å². The molecule has 0 bridgehead atoms. The van der Waals surface area contributed by atoms with E-state index in [2.05, 4.69) is 15.3 Å². The standard InChI is InChI=1S/C15H13F2N3O2S/c1-8(14(21)18-7-9-3-2-4-22-9)23-15-19-12-5-10(16)11(17)6-13(12)20-15/h2-6,8H,7H2,1H3,(H,18,21)(H,19,20). The van der Waals surface area contributed by atoms with Gasteiger partial charge in [0.1, 0.15) is 5.76 Å². The molecule has 23 heavy (non-hydrogen) atoms. The van der Waals surface area contributed by atoms with Gasteiger partial charge >= 0.3 is 0 Å². The molecule has 0 aliphatic carbocycles. The molecule has 0 radical (unpaired) electrons. The lowest BCUT2D eigenvalue weighted by molar-refractivity contribution is -0.120. The van der Waals surface area contributed by atoms with Crippen molar-refractivity contribution in [2.24, 2.45) is 0 Å². The number of carbonyl (C=O) groups is 1. The van der Waals surface area contributed by atoms with Crippen molar-refractivity contribution in [3.05, 3.63) is 47.9 Å². The molecular formula is C15H13F2N3O2S. The first-order valence-corrected chi connectivity index (χ1v) is 7.72. The number of hydrogen-bond acceptors (Lipinski definition) is 4. The van der Waals surface area contributed by atoms with Gasteiger partial charge in [-0.15, -0.1) is 0 Å². The summed E-state index contributed by atoms with van der Waals surface area (Å²) >= 11 is 1.17. The van der Waals surface area contributed by atoms with Gasteiger partial charge in [0.25, 0.3) is 0 Å². The Morgan fingerprint density at radius 2 is 2.22 bits per heavy atom. The molecule has 0 spiro atoms. The number of rotatable bonds is 5. The number of imidazole rings is 1. The van der Waals surface area contributed by atoms with Crippen molar-refractivity contribution in [2.75, 3.05) is 0 Å². The van der Waals surface area contributed by atoms with Crippen LogP contribution in [0.1, 0.15) is 12.7 Å². The van der Waals surface area contributed by atoms with Gasteiger partial charge in [0, 0.05) is 12.1 Å². The number of fused-ring (bicyclic) bond motifs is 1. The number of amides is 1. The monoisotopic (exact) mass is 337 g/mol. The predicted molar refractivity (Wildman–Crippen MR) is 81.9 cm³/mol. The van der Waals surface area contributed by atoms with Crippen LogP contribution < -0.4 is 5.32 Å². The zero-order chi connectivity index (χ0) is 16.4. The summed E-state index contributed by atoms with van der Waals surface area (Å²) in [5, 5.41) is 2.73. The van der Waals surface area contributed by atoms with Crippen molar-refractivity contribution < 1.29 is 18.0 Å². The summed E-state index contributed by atoms with van der Waals surface area (Å²) in [7, 11) is 0. The lowest BCUT2D eigenvalue weighted by Gasteiger charge is -2.09. The first kappa shape index (κ1) is 15.5. The highest BCUT2D eigenvalue weighted by atomic mass is 32.2. The molecule has 1 aromatic carbocycles. The average Bonchev–Trinajstić information content (AvgIpc) is 3.14. The Hall–Kier alpha value is -2.35. The molecule has 2 aromatic heterocycles. The van der Waals surface area contributed by atoms with Crippen molar-refractivity contribution in [1.82, 2.24) is 15.3 Å². The summed E-state index contributed by atoms with van der Waals surface area (Å²) in [4.78, 5) is 19.0. The van der Waals surface area contributed by atoms with Crippen molar-refractivity contribution in [2.45, 2.75) is 23.9 Å². The van der Waals surface area contributed by atoms with Gasteiger partial charge in [-0.25, -0.2) is 13.8 Å². The fourth-order valence-electron chi connectivity index (χ4n) is 1.99. The zero-order valence-electron chi connectivity index (χ0n) is 12.1. The van der Waals surface area contributed by atoms with Gasteiger partial charge in [-0.3, -0.25) is 4.79 Å². The average molecular weight is 337 g/mol. The Labute approximate surface area is 134 Å². The zero-order valence-corrected chi connectivity index (χ0v) is 12.9. The smallest absolute Gasteiger partial charge is 0.233 e. The highest BCUT2D eigenvalue weighted by Crippen LogP contribution is 2.24. The Kier molecular flexibility index (Phi) is 4.33. The second-order valence-corrected chi connectivity index (χ2v) is 6.21. The molecule has 0 fully saturated rings. The minimum atomic E-state index is -0.954. The topological polar surface area (TPSA) is 70.9 Å². The summed E-state index contributed by atoms with van der Waals surface area (Å²) in [5.41, 5.74) is 0.698. The van der Waals surface area contributed by atoms with Gasteiger partial charge in [-0.1, -0.05) is 11.8 Å². The van der Waals surface area contributed by atoms with E-state index in [9.17, 15) is 13.6 Å². The van der Waals surface area contributed by atoms with Crippen LogP contribution >= 0.6 is 11.8 Å². The number of nitrogens with one attached hydrogen (secondary N) is 2. The van der Waals surface area contributed by atoms with Crippen LogP contribution in [0.15, 0.2) is 40.1 Å².